The Kier molecular flexibility index (Phi) is 5.76. The normalized spacial score (nSPS) is 15.1. The van der Waals surface area contributed by atoms with Gasteiger partial charge in [0, 0.05) is 16.5 Å². The quantitative estimate of drug-likeness (QED) is 0.211. The van der Waals surface area contributed by atoms with E-state index in [1.165, 1.54) is 5.56 Å². The Balaban J connectivity index is 1.36. The number of anilines is 2. The van der Waals surface area contributed by atoms with Gasteiger partial charge in [0.25, 0.3) is 0 Å². The lowest BCUT2D eigenvalue weighted by Gasteiger charge is -2.40. The number of hydrogen-bond acceptors (Lipinski definition) is 4. The average Bonchev–Trinajstić information content (AvgIpc) is 3.51. The van der Waals surface area contributed by atoms with E-state index in [0.717, 1.165) is 55.8 Å². The molecule has 0 N–H and O–H groups in total. The summed E-state index contributed by atoms with van der Waals surface area (Å²) in [5.74, 6) is 1.51. The number of benzene rings is 5. The smallest absolute Gasteiger partial charge is 0.234 e. The fourth-order valence-electron chi connectivity index (χ4n) is 6.64. The Morgan fingerprint density at radius 3 is 1.93 bits per heavy atom. The van der Waals surface area contributed by atoms with Gasteiger partial charge in [0.2, 0.25) is 11.9 Å². The standard InChI is InChI=1S/C39H33N5/c1-38(2)39(3,4)44(37-42-35-30(27-17-9-6-10-18-27)22-14-24-33(35)43(37)38)36-40-32-23-12-11-21-31(32)34(41-36)29-20-13-19-28(25-29)26-15-7-5-8-16-26/h5-25H,1-4H3. The van der Waals surface area contributed by atoms with Crippen LogP contribution in [0.25, 0.3) is 55.4 Å². The van der Waals surface area contributed by atoms with Gasteiger partial charge in [0.05, 0.1) is 33.3 Å². The van der Waals surface area contributed by atoms with Gasteiger partial charge in [-0.3, -0.25) is 4.90 Å². The number of para-hydroxylation sites is 2. The van der Waals surface area contributed by atoms with Gasteiger partial charge >= 0.3 is 0 Å². The zero-order valence-corrected chi connectivity index (χ0v) is 25.4. The Labute approximate surface area is 257 Å². The molecular weight excluding hydrogens is 538 g/mol. The van der Waals surface area contributed by atoms with E-state index in [1.807, 2.05) is 18.2 Å². The van der Waals surface area contributed by atoms with Crippen molar-refractivity contribution in [3.8, 4) is 33.5 Å². The van der Waals surface area contributed by atoms with E-state index in [0.29, 0.717) is 5.95 Å². The summed E-state index contributed by atoms with van der Waals surface area (Å²) in [6.07, 6.45) is 0. The van der Waals surface area contributed by atoms with Crippen molar-refractivity contribution >= 4 is 33.8 Å². The van der Waals surface area contributed by atoms with Gasteiger partial charge in [-0.15, -0.1) is 0 Å². The molecule has 214 valence electrons. The van der Waals surface area contributed by atoms with Crippen molar-refractivity contribution in [2.24, 2.45) is 0 Å². The fourth-order valence-corrected chi connectivity index (χ4v) is 6.64. The monoisotopic (exact) mass is 571 g/mol. The summed E-state index contributed by atoms with van der Waals surface area (Å²) in [5.41, 5.74) is 8.90. The van der Waals surface area contributed by atoms with Gasteiger partial charge in [0.15, 0.2) is 0 Å². The minimum absolute atomic E-state index is 0.311. The molecule has 0 amide bonds. The van der Waals surface area contributed by atoms with Crippen molar-refractivity contribution in [3.05, 3.63) is 127 Å². The molecule has 0 saturated heterocycles. The third-order valence-electron chi connectivity index (χ3n) is 9.60. The fraction of sp³-hybridized carbons (Fsp3) is 0.154. The number of rotatable bonds is 4. The van der Waals surface area contributed by atoms with Crippen molar-refractivity contribution in [1.82, 2.24) is 19.5 Å². The second kappa shape index (κ2) is 9.61. The van der Waals surface area contributed by atoms with E-state index in [1.54, 1.807) is 0 Å². The first-order chi connectivity index (χ1) is 21.3. The van der Waals surface area contributed by atoms with Crippen LogP contribution < -0.4 is 4.90 Å². The Bertz CT molecular complexity index is 2180. The summed E-state index contributed by atoms with van der Waals surface area (Å²) >= 11 is 0. The van der Waals surface area contributed by atoms with Crippen LogP contribution in [0.1, 0.15) is 27.7 Å². The highest BCUT2D eigenvalue weighted by molar-refractivity contribution is 5.97. The molecule has 1 aliphatic rings. The summed E-state index contributed by atoms with van der Waals surface area (Å²) in [7, 11) is 0. The number of hydrogen-bond donors (Lipinski definition) is 0. The Hall–Kier alpha value is -5.29. The predicted octanol–water partition coefficient (Wildman–Crippen LogP) is 9.65. The molecule has 8 rings (SSSR count). The summed E-state index contributed by atoms with van der Waals surface area (Å²) in [6, 6.07) is 44.4. The van der Waals surface area contributed by atoms with Crippen LogP contribution in [0.2, 0.25) is 0 Å². The van der Waals surface area contributed by atoms with Crippen LogP contribution >= 0.6 is 0 Å². The molecule has 0 spiro atoms. The van der Waals surface area contributed by atoms with Crippen LogP contribution in [-0.2, 0) is 5.54 Å². The average molecular weight is 572 g/mol. The molecule has 1 aliphatic heterocycles. The molecule has 0 unspecified atom stereocenters. The van der Waals surface area contributed by atoms with Crippen molar-refractivity contribution < 1.29 is 0 Å². The summed E-state index contributed by atoms with van der Waals surface area (Å²) in [5, 5.41) is 1.03. The first kappa shape index (κ1) is 26.3. The zero-order chi connectivity index (χ0) is 30.1. The molecule has 44 heavy (non-hydrogen) atoms. The maximum atomic E-state index is 5.36. The van der Waals surface area contributed by atoms with Crippen LogP contribution in [0.5, 0.6) is 0 Å². The van der Waals surface area contributed by atoms with E-state index >= 15 is 0 Å². The van der Waals surface area contributed by atoms with Crippen LogP contribution in [0.4, 0.5) is 11.9 Å². The highest BCUT2D eigenvalue weighted by Gasteiger charge is 2.54. The van der Waals surface area contributed by atoms with Gasteiger partial charge < -0.3 is 4.57 Å². The molecule has 0 fully saturated rings. The minimum Gasteiger partial charge on any atom is -0.302 e. The Morgan fingerprint density at radius 2 is 1.16 bits per heavy atom. The van der Waals surface area contributed by atoms with Crippen molar-refractivity contribution in [3.63, 3.8) is 0 Å². The van der Waals surface area contributed by atoms with E-state index in [2.05, 4.69) is 146 Å². The molecule has 0 atom stereocenters. The van der Waals surface area contributed by atoms with E-state index in [4.69, 9.17) is 15.0 Å². The molecule has 0 aliphatic carbocycles. The van der Waals surface area contributed by atoms with Crippen molar-refractivity contribution in [1.29, 1.82) is 0 Å². The molecule has 3 heterocycles. The number of fused-ring (bicyclic) bond motifs is 4. The summed E-state index contributed by atoms with van der Waals surface area (Å²) < 4.78 is 2.38. The number of aromatic nitrogens is 4. The van der Waals surface area contributed by atoms with Crippen LogP contribution in [0, 0.1) is 0 Å². The lowest BCUT2D eigenvalue weighted by Crippen LogP contribution is -2.51. The SMILES string of the molecule is CC1(C)N(c2nc(-c3cccc(-c4ccccc4)c3)c3ccccc3n2)c2nc3c(-c4ccccc4)cccc3n2C1(C)C. The molecule has 2 aromatic heterocycles. The molecular formula is C39H33N5. The second-order valence-electron chi connectivity index (χ2n) is 12.6. The molecule has 5 heteroatoms. The lowest BCUT2D eigenvalue weighted by atomic mass is 9.82. The Morgan fingerprint density at radius 1 is 0.523 bits per heavy atom. The first-order valence-electron chi connectivity index (χ1n) is 15.1. The maximum absolute atomic E-state index is 5.36. The maximum Gasteiger partial charge on any atom is 0.234 e. The van der Waals surface area contributed by atoms with Crippen molar-refractivity contribution in [2.45, 2.75) is 38.8 Å². The third kappa shape index (κ3) is 3.82. The predicted molar refractivity (Wildman–Crippen MR) is 181 cm³/mol. The van der Waals surface area contributed by atoms with Gasteiger partial charge in [-0.25, -0.2) is 15.0 Å². The highest BCUT2D eigenvalue weighted by Crippen LogP contribution is 2.52. The van der Waals surface area contributed by atoms with E-state index in [-0.39, 0.29) is 11.1 Å². The van der Waals surface area contributed by atoms with Crippen LogP contribution in [-0.4, -0.2) is 25.1 Å². The summed E-state index contributed by atoms with van der Waals surface area (Å²) in [6.45, 7) is 9.11. The molecule has 5 aromatic carbocycles. The van der Waals surface area contributed by atoms with Gasteiger partial charge in [0.1, 0.15) is 0 Å². The van der Waals surface area contributed by atoms with Crippen LogP contribution in [0.15, 0.2) is 127 Å². The zero-order valence-electron chi connectivity index (χ0n) is 25.4. The van der Waals surface area contributed by atoms with E-state index < -0.39 is 0 Å². The minimum atomic E-state index is -0.377. The second-order valence-corrected chi connectivity index (χ2v) is 12.6. The first-order valence-corrected chi connectivity index (χ1v) is 15.1. The molecule has 5 nitrogen and oxygen atoms in total. The van der Waals surface area contributed by atoms with Gasteiger partial charge in [-0.1, -0.05) is 109 Å². The molecule has 0 radical (unpaired) electrons. The van der Waals surface area contributed by atoms with Crippen molar-refractivity contribution in [2.75, 3.05) is 4.90 Å². The largest absolute Gasteiger partial charge is 0.302 e. The van der Waals surface area contributed by atoms with Gasteiger partial charge in [-0.2, -0.15) is 0 Å². The van der Waals surface area contributed by atoms with Gasteiger partial charge in [-0.05, 0) is 62.6 Å². The summed E-state index contributed by atoms with van der Waals surface area (Å²) in [4.78, 5) is 18.2. The number of imidazole rings is 1. The number of nitrogens with zero attached hydrogens (tertiary/aromatic N) is 5. The van der Waals surface area contributed by atoms with Crippen LogP contribution in [0.3, 0.4) is 0 Å². The lowest BCUT2D eigenvalue weighted by molar-refractivity contribution is 0.251. The molecule has 7 aromatic rings. The highest BCUT2D eigenvalue weighted by atomic mass is 15.5. The van der Waals surface area contributed by atoms with E-state index in [9.17, 15) is 0 Å². The molecule has 0 bridgehead atoms. The molecule has 0 saturated carbocycles. The topological polar surface area (TPSA) is 46.8 Å². The third-order valence-corrected chi connectivity index (χ3v) is 9.60.